The second kappa shape index (κ2) is 5.35. The van der Waals surface area contributed by atoms with Gasteiger partial charge < -0.3 is 20.5 Å². The van der Waals surface area contributed by atoms with Crippen LogP contribution in [0.3, 0.4) is 0 Å². The maximum atomic E-state index is 11.6. The van der Waals surface area contributed by atoms with Crippen molar-refractivity contribution in [2.45, 2.75) is 39.3 Å². The topological polar surface area (TPSA) is 87.7 Å². The summed E-state index contributed by atoms with van der Waals surface area (Å²) >= 11 is 0. The van der Waals surface area contributed by atoms with Crippen LogP contribution in [0.1, 0.15) is 27.2 Å². The second-order valence-corrected chi connectivity index (χ2v) is 4.72. The zero-order valence-electron chi connectivity index (χ0n) is 10.4. The molecule has 17 heavy (non-hydrogen) atoms. The van der Waals surface area contributed by atoms with Gasteiger partial charge in [0.1, 0.15) is 5.41 Å². The highest BCUT2D eigenvalue weighted by Gasteiger charge is 2.47. The van der Waals surface area contributed by atoms with E-state index in [0.717, 1.165) is 6.42 Å². The highest BCUT2D eigenvalue weighted by atomic mass is 16.5. The third-order valence-electron chi connectivity index (χ3n) is 3.24. The van der Waals surface area contributed by atoms with E-state index in [-0.39, 0.29) is 25.3 Å². The molecule has 0 aromatic rings. The molecule has 0 radical (unpaired) electrons. The molecule has 1 saturated heterocycles. The van der Waals surface area contributed by atoms with E-state index in [1.165, 1.54) is 0 Å². The molecule has 0 aromatic carbocycles. The number of ether oxygens (including phenoxy) is 1. The summed E-state index contributed by atoms with van der Waals surface area (Å²) in [5, 5.41) is 14.5. The van der Waals surface area contributed by atoms with Crippen LogP contribution in [0.5, 0.6) is 0 Å². The fourth-order valence-corrected chi connectivity index (χ4v) is 1.61. The van der Waals surface area contributed by atoms with Crippen LogP contribution in [-0.2, 0) is 9.53 Å². The Kier molecular flexibility index (Phi) is 4.34. The summed E-state index contributed by atoms with van der Waals surface area (Å²) in [5.74, 6) is -0.955. The molecular weight excluding hydrogens is 224 g/mol. The Morgan fingerprint density at radius 1 is 1.59 bits per heavy atom. The van der Waals surface area contributed by atoms with Crippen molar-refractivity contribution in [3.63, 3.8) is 0 Å². The second-order valence-electron chi connectivity index (χ2n) is 4.72. The third kappa shape index (κ3) is 3.09. The Morgan fingerprint density at radius 2 is 2.24 bits per heavy atom. The molecule has 0 spiro atoms. The van der Waals surface area contributed by atoms with Crippen LogP contribution in [0.15, 0.2) is 0 Å². The predicted octanol–water partition coefficient (Wildman–Crippen LogP) is 0.574. The van der Waals surface area contributed by atoms with E-state index in [0.29, 0.717) is 0 Å². The molecule has 0 bridgehead atoms. The first-order valence-electron chi connectivity index (χ1n) is 5.78. The molecule has 0 aliphatic carbocycles. The molecule has 3 atom stereocenters. The standard InChI is InChI=1S/C11H20N2O4/c1-4-7(2)12-10(16)13-8-5-17-6-11(8,3)9(14)15/h7-8H,4-6H2,1-3H3,(H,14,15)(H2,12,13,16). The van der Waals surface area contributed by atoms with Gasteiger partial charge in [-0.25, -0.2) is 4.79 Å². The van der Waals surface area contributed by atoms with Crippen molar-refractivity contribution in [2.24, 2.45) is 5.41 Å². The quantitative estimate of drug-likeness (QED) is 0.674. The van der Waals surface area contributed by atoms with E-state index in [1.54, 1.807) is 6.92 Å². The molecule has 1 aliphatic heterocycles. The summed E-state index contributed by atoms with van der Waals surface area (Å²) in [6.45, 7) is 5.79. The summed E-state index contributed by atoms with van der Waals surface area (Å²) < 4.78 is 5.14. The highest BCUT2D eigenvalue weighted by Crippen LogP contribution is 2.28. The first-order chi connectivity index (χ1) is 7.90. The number of carbonyl (C=O) groups is 2. The Morgan fingerprint density at radius 3 is 2.76 bits per heavy atom. The maximum Gasteiger partial charge on any atom is 0.315 e. The van der Waals surface area contributed by atoms with Crippen molar-refractivity contribution in [3.8, 4) is 0 Å². The molecule has 1 aliphatic rings. The van der Waals surface area contributed by atoms with E-state index in [2.05, 4.69) is 10.6 Å². The zero-order valence-corrected chi connectivity index (χ0v) is 10.4. The molecule has 0 saturated carbocycles. The smallest absolute Gasteiger partial charge is 0.315 e. The lowest BCUT2D eigenvalue weighted by Crippen LogP contribution is -2.53. The largest absolute Gasteiger partial charge is 0.481 e. The summed E-state index contributed by atoms with van der Waals surface area (Å²) in [5.41, 5.74) is -1.05. The Labute approximate surface area is 101 Å². The number of carboxylic acid groups (broad SMARTS) is 1. The maximum absolute atomic E-state index is 11.6. The van der Waals surface area contributed by atoms with Gasteiger partial charge in [-0.1, -0.05) is 6.92 Å². The van der Waals surface area contributed by atoms with Crippen molar-refractivity contribution in [3.05, 3.63) is 0 Å². The van der Waals surface area contributed by atoms with Crippen LogP contribution in [0, 0.1) is 5.41 Å². The zero-order chi connectivity index (χ0) is 13.1. The molecule has 1 heterocycles. The number of aliphatic carboxylic acids is 1. The van der Waals surface area contributed by atoms with Crippen molar-refractivity contribution < 1.29 is 19.4 Å². The normalized spacial score (nSPS) is 29.7. The van der Waals surface area contributed by atoms with Gasteiger partial charge in [-0.15, -0.1) is 0 Å². The Hall–Kier alpha value is -1.30. The highest BCUT2D eigenvalue weighted by molar-refractivity contribution is 5.79. The number of carboxylic acids is 1. The third-order valence-corrected chi connectivity index (χ3v) is 3.24. The van der Waals surface area contributed by atoms with E-state index in [1.807, 2.05) is 13.8 Å². The van der Waals surface area contributed by atoms with Gasteiger partial charge in [0.2, 0.25) is 0 Å². The monoisotopic (exact) mass is 244 g/mol. The number of carbonyl (C=O) groups excluding carboxylic acids is 1. The lowest BCUT2D eigenvalue weighted by Gasteiger charge is -2.26. The molecule has 1 rings (SSSR count). The average Bonchev–Trinajstić information content (AvgIpc) is 2.61. The SMILES string of the molecule is CCC(C)NC(=O)NC1COCC1(C)C(=O)O. The molecule has 6 nitrogen and oxygen atoms in total. The van der Waals surface area contributed by atoms with Gasteiger partial charge in [-0.3, -0.25) is 4.79 Å². The minimum Gasteiger partial charge on any atom is -0.481 e. The fourth-order valence-electron chi connectivity index (χ4n) is 1.61. The lowest BCUT2D eigenvalue weighted by molar-refractivity contribution is -0.148. The van der Waals surface area contributed by atoms with Gasteiger partial charge in [0.05, 0.1) is 19.3 Å². The molecule has 6 heteroatoms. The summed E-state index contributed by atoms with van der Waals surface area (Å²) in [4.78, 5) is 22.7. The Bertz CT molecular complexity index is 308. The molecule has 1 fully saturated rings. The molecular formula is C11H20N2O4. The van der Waals surface area contributed by atoms with Crippen LogP contribution in [0.2, 0.25) is 0 Å². The van der Waals surface area contributed by atoms with E-state index in [9.17, 15) is 9.59 Å². The van der Waals surface area contributed by atoms with Crippen molar-refractivity contribution in [1.82, 2.24) is 10.6 Å². The Balaban J connectivity index is 2.56. The first-order valence-corrected chi connectivity index (χ1v) is 5.78. The number of nitrogens with one attached hydrogen (secondary N) is 2. The molecule has 0 aromatic heterocycles. The van der Waals surface area contributed by atoms with Gasteiger partial charge >= 0.3 is 12.0 Å². The van der Waals surface area contributed by atoms with E-state index >= 15 is 0 Å². The lowest BCUT2D eigenvalue weighted by atomic mass is 9.85. The molecule has 98 valence electrons. The predicted molar refractivity (Wildman–Crippen MR) is 61.8 cm³/mol. The number of rotatable bonds is 4. The van der Waals surface area contributed by atoms with Crippen LogP contribution in [0.4, 0.5) is 4.79 Å². The van der Waals surface area contributed by atoms with Gasteiger partial charge in [-0.05, 0) is 20.3 Å². The fraction of sp³-hybridized carbons (Fsp3) is 0.818. The van der Waals surface area contributed by atoms with Gasteiger partial charge in [0.25, 0.3) is 0 Å². The van der Waals surface area contributed by atoms with Gasteiger partial charge in [0, 0.05) is 6.04 Å². The molecule has 3 N–H and O–H groups in total. The average molecular weight is 244 g/mol. The van der Waals surface area contributed by atoms with Gasteiger partial charge in [-0.2, -0.15) is 0 Å². The first kappa shape index (κ1) is 13.8. The molecule has 2 amide bonds. The van der Waals surface area contributed by atoms with E-state index < -0.39 is 17.4 Å². The number of hydrogen-bond acceptors (Lipinski definition) is 3. The van der Waals surface area contributed by atoms with Crippen molar-refractivity contribution in [2.75, 3.05) is 13.2 Å². The summed E-state index contributed by atoms with van der Waals surface area (Å²) in [7, 11) is 0. The van der Waals surface area contributed by atoms with Crippen LogP contribution >= 0.6 is 0 Å². The van der Waals surface area contributed by atoms with E-state index in [4.69, 9.17) is 9.84 Å². The van der Waals surface area contributed by atoms with Crippen LogP contribution in [0.25, 0.3) is 0 Å². The summed E-state index contributed by atoms with van der Waals surface area (Å²) in [6.07, 6.45) is 0.824. The molecule has 3 unspecified atom stereocenters. The minimum atomic E-state index is -1.05. The summed E-state index contributed by atoms with van der Waals surface area (Å²) in [6, 6.07) is -0.778. The van der Waals surface area contributed by atoms with Crippen molar-refractivity contribution >= 4 is 12.0 Å². The number of amides is 2. The van der Waals surface area contributed by atoms with Crippen LogP contribution in [-0.4, -0.2) is 42.4 Å². The van der Waals surface area contributed by atoms with Gasteiger partial charge in [0.15, 0.2) is 0 Å². The van der Waals surface area contributed by atoms with Crippen molar-refractivity contribution in [1.29, 1.82) is 0 Å². The minimum absolute atomic E-state index is 0.0633. The number of hydrogen-bond donors (Lipinski definition) is 3. The number of urea groups is 1. The van der Waals surface area contributed by atoms with Crippen LogP contribution < -0.4 is 10.6 Å².